The van der Waals surface area contributed by atoms with Crippen LogP contribution in [0.3, 0.4) is 0 Å². The first-order valence-electron chi connectivity index (χ1n) is 49.6. The van der Waals surface area contributed by atoms with Crippen molar-refractivity contribution >= 4 is 172 Å². The van der Waals surface area contributed by atoms with E-state index in [0.717, 1.165) is 121 Å². The van der Waals surface area contributed by atoms with Gasteiger partial charge in [-0.2, -0.15) is 0 Å². The lowest BCUT2D eigenvalue weighted by Crippen LogP contribution is -2.58. The summed E-state index contributed by atoms with van der Waals surface area (Å²) in [6.07, 6.45) is 12.7. The molecule has 37 heteroatoms. The van der Waals surface area contributed by atoms with E-state index in [1.807, 2.05) is 105 Å². The SMILES string of the molecule is CN(C)CCOc1ccc2[nH]c(CN3C[C@@H](CCl)c4c3cc(O)c3ccccc43)cc2c1.C[N+](C)(CCOc1ccc2[nH]c(CN3C[C@@H](CCl)c4c3cc(O)c3ccccc43)cc2c1)Cc1ccc(NC(=O)[C@H](CCCNC(N)=O)NC(=O)C2(C(=O)NCCCCCN3C(=O)C=CC3=O)CCC2)cc1.NC(=O)NCCC[C@H](NC(=O)C1(C(=O)NCCCCCN2C(=O)C=CC2=O)CCC1)C(=O)Nc1ccc(CCl)cc1. The second-order valence-electron chi connectivity index (χ2n) is 38.9. The summed E-state index contributed by atoms with van der Waals surface area (Å²) in [4.78, 5) is 166. The van der Waals surface area contributed by atoms with Crippen molar-refractivity contribution < 1.29 is 81.7 Å². The molecule has 0 radical (unpaired) electrons. The Morgan fingerprint density at radius 3 is 1.27 bits per heavy atom. The Bertz CT molecular complexity index is 6400. The number of urea groups is 2. The minimum Gasteiger partial charge on any atom is -0.507 e. The Hall–Kier alpha value is -13.9. The molecule has 2 aliphatic carbocycles. The summed E-state index contributed by atoms with van der Waals surface area (Å²) in [6.45, 7) is 8.13. The summed E-state index contributed by atoms with van der Waals surface area (Å²) in [6, 6.07) is 47.5. The molecule has 0 unspecified atom stereocenters. The summed E-state index contributed by atoms with van der Waals surface area (Å²) >= 11 is 18.7. The zero-order chi connectivity index (χ0) is 103. The van der Waals surface area contributed by atoms with E-state index >= 15 is 0 Å². The number of phenolic OH excluding ortho intramolecular Hbond substituents is 2. The van der Waals surface area contributed by atoms with Crippen LogP contribution in [0.5, 0.6) is 23.0 Å². The predicted molar refractivity (Wildman–Crippen MR) is 562 cm³/mol. The number of unbranched alkanes of at least 4 members (excludes halogenated alkanes) is 4. The zero-order valence-corrected chi connectivity index (χ0v) is 84.5. The van der Waals surface area contributed by atoms with Crippen molar-refractivity contribution in [2.75, 3.05) is 139 Å². The first kappa shape index (κ1) is 107. The van der Waals surface area contributed by atoms with Crippen LogP contribution >= 0.6 is 34.8 Å². The number of hydrogen-bond acceptors (Lipinski definition) is 19. The topological polar surface area (TPSA) is 460 Å². The maximum Gasteiger partial charge on any atom is 0.312 e. The molecule has 2 saturated carbocycles. The number of nitrogens with zero attached hydrogens (tertiary/aromatic N) is 6. The standard InChI is InChI=1S/C54H64ClN9O8.C28H37ClN6O6.C26H28ClN3O2/c1-64(2,26-27-72-40-17-18-43-36(29-40)28-39(59-43)33-62-32-37(31-55)49-42-11-5-4-10-41(42)46(65)30-45(49)62)34-35-13-15-38(16-14-35)60-50(68)44(12-8-24-58-53(56)71)61-52(70)54(21-9-22-54)51(69)57-23-6-3-7-25-63-47(66)19-20-48(63)67;29-18-19-7-9-20(10-8-19)33-24(38)21(6-4-16-32-27(30)41)34-26(40)28(13-5-14-28)25(39)31-15-2-1-3-17-35-22(36)11-12-23(35)37;1-29(2)9-10-32-20-7-8-23-17(12-20)11-19(28-23)16-30-15-18(14-27)26-22-6-4-3-5-21(22)25(31)13-24(26)30/h4-5,10-11,13-20,28-30,37,44,59H,3,6-9,12,21-27,31-34H2,1-2H3,(H6-,56,57,58,60,61,65,68,69,70,71);7-12,21H,1-6,13-18H2,(H,31,39)(H,33,38)(H,34,40)(H3,30,32,41);3-8,11-13,18,28,31H,9-10,14-16H2,1-2H3/p+1/t37-,44+;21-;18-/m101/s1. The zero-order valence-electron chi connectivity index (χ0n) is 82.3. The van der Waals surface area contributed by atoms with Gasteiger partial charge in [0.25, 0.3) is 23.6 Å². The van der Waals surface area contributed by atoms with E-state index in [2.05, 4.69) is 124 Å². The number of nitrogens with one attached hydrogen (secondary N) is 10. The third-order valence-corrected chi connectivity index (χ3v) is 28.7. The van der Waals surface area contributed by atoms with Gasteiger partial charge in [0.15, 0.2) is 0 Å². The molecule has 145 heavy (non-hydrogen) atoms. The number of carbonyl (C=O) groups is 12. The number of quaternary nitrogens is 1. The van der Waals surface area contributed by atoms with E-state index in [0.29, 0.717) is 182 Å². The van der Waals surface area contributed by atoms with Crippen LogP contribution in [0.25, 0.3) is 43.4 Å². The van der Waals surface area contributed by atoms with Gasteiger partial charge >= 0.3 is 12.1 Å². The summed E-state index contributed by atoms with van der Waals surface area (Å²) in [5, 5.41) is 49.6. The number of carbonyl (C=O) groups excluding carboxylic acids is 12. The maximum absolute atomic E-state index is 13.8. The number of alkyl halides is 3. The summed E-state index contributed by atoms with van der Waals surface area (Å²) < 4.78 is 12.8. The van der Waals surface area contributed by atoms with Crippen molar-refractivity contribution in [1.29, 1.82) is 0 Å². The van der Waals surface area contributed by atoms with Gasteiger partial charge in [-0.3, -0.25) is 57.7 Å². The number of rotatable bonds is 47. The number of benzene rings is 8. The number of nitrogens with two attached hydrogens (primary N) is 2. The molecule has 34 nitrogen and oxygen atoms in total. The van der Waals surface area contributed by atoms with Crippen LogP contribution in [0, 0.1) is 10.8 Å². The van der Waals surface area contributed by atoms with Gasteiger partial charge < -0.3 is 103 Å². The van der Waals surface area contributed by atoms with Gasteiger partial charge in [-0.25, -0.2) is 9.59 Å². The smallest absolute Gasteiger partial charge is 0.312 e. The average Bonchev–Trinajstić information content (AvgIpc) is 1.57. The van der Waals surface area contributed by atoms with Gasteiger partial charge in [0.1, 0.15) is 72.2 Å². The Kier molecular flexibility index (Phi) is 36.5. The molecule has 4 atom stereocenters. The third kappa shape index (κ3) is 27.2. The average molecular weight is 2040 g/mol. The van der Waals surface area contributed by atoms with E-state index in [1.54, 1.807) is 24.3 Å². The highest BCUT2D eigenvalue weighted by atomic mass is 35.5. The molecule has 16 rings (SSSR count). The number of likely N-dealkylation sites (N-methyl/N-ethyl adjacent to an activating group) is 2. The number of phenols is 2. The summed E-state index contributed by atoms with van der Waals surface area (Å²) in [5.41, 5.74) is 19.6. The van der Waals surface area contributed by atoms with Crippen molar-refractivity contribution in [1.82, 2.24) is 56.6 Å². The second kappa shape index (κ2) is 49.6. The third-order valence-electron chi connectivity index (χ3n) is 27.7. The molecule has 0 spiro atoms. The van der Waals surface area contributed by atoms with E-state index in [1.165, 1.54) is 45.2 Å². The van der Waals surface area contributed by atoms with E-state index in [-0.39, 0.29) is 73.1 Å². The monoisotopic (exact) mass is 2040 g/mol. The molecule has 16 N–H and O–H groups in total. The van der Waals surface area contributed by atoms with Crippen molar-refractivity contribution in [2.45, 2.75) is 152 Å². The highest BCUT2D eigenvalue weighted by Gasteiger charge is 2.53. The Morgan fingerprint density at radius 2 is 0.883 bits per heavy atom. The highest BCUT2D eigenvalue weighted by molar-refractivity contribution is 6.20. The van der Waals surface area contributed by atoms with E-state index in [4.69, 9.17) is 55.7 Å². The number of anilines is 4. The number of aromatic hydroxyl groups is 2. The van der Waals surface area contributed by atoms with Crippen molar-refractivity contribution in [2.24, 2.45) is 22.3 Å². The molecule has 2 aromatic heterocycles. The fourth-order valence-corrected chi connectivity index (χ4v) is 20.0. The van der Waals surface area contributed by atoms with Crippen LogP contribution < -0.4 is 73.3 Å². The van der Waals surface area contributed by atoms with Crippen LogP contribution in [-0.2, 0) is 73.5 Å². The van der Waals surface area contributed by atoms with Crippen molar-refractivity contribution in [3.8, 4) is 23.0 Å². The molecule has 6 aliphatic rings. The molecule has 4 aliphatic heterocycles. The van der Waals surface area contributed by atoms with Crippen LogP contribution in [0.4, 0.5) is 32.3 Å². The minimum absolute atomic E-state index is 0.155. The lowest BCUT2D eigenvalue weighted by Gasteiger charge is -2.39. The molecule has 768 valence electrons. The lowest BCUT2D eigenvalue weighted by molar-refractivity contribution is -0.903. The largest absolute Gasteiger partial charge is 0.507 e. The minimum atomic E-state index is -1.30. The molecule has 10 aromatic rings. The van der Waals surface area contributed by atoms with Gasteiger partial charge in [0, 0.05) is 197 Å². The van der Waals surface area contributed by atoms with Gasteiger partial charge in [0.05, 0.1) is 27.2 Å². The number of H-pyrrole nitrogens is 2. The number of halogens is 3. The number of imide groups is 2. The quantitative estimate of drug-likeness (QED) is 0.00554. The van der Waals surface area contributed by atoms with Crippen molar-refractivity contribution in [3.63, 3.8) is 0 Å². The Morgan fingerprint density at radius 1 is 0.483 bits per heavy atom. The molecular weight excluding hydrogens is 1910 g/mol. The number of ether oxygens (including phenoxy) is 2. The van der Waals surface area contributed by atoms with E-state index < -0.39 is 64.5 Å². The fourth-order valence-electron chi connectivity index (χ4n) is 19.4. The molecule has 0 bridgehead atoms. The number of aromatic nitrogens is 2. The van der Waals surface area contributed by atoms with E-state index in [9.17, 15) is 67.7 Å². The molecule has 6 heterocycles. The molecule has 0 saturated heterocycles. The Balaban J connectivity index is 0.000000191. The number of aromatic amines is 2. The molecular formula is C108H130Cl3N18O16+. The van der Waals surface area contributed by atoms with Crippen molar-refractivity contribution in [3.05, 3.63) is 216 Å². The molecule has 8 aromatic carbocycles. The number of primary amides is 2. The van der Waals surface area contributed by atoms with Gasteiger partial charge in [0.2, 0.25) is 35.4 Å². The van der Waals surface area contributed by atoms with Crippen LogP contribution in [0.15, 0.2) is 182 Å². The molecule has 14 amide bonds. The predicted octanol–water partition coefficient (Wildman–Crippen LogP) is 13.3. The Labute approximate surface area is 857 Å². The van der Waals surface area contributed by atoms with Gasteiger partial charge in [-0.05, 0) is 204 Å². The maximum atomic E-state index is 13.8. The summed E-state index contributed by atoms with van der Waals surface area (Å²) in [7, 11) is 8.34. The highest BCUT2D eigenvalue weighted by Crippen LogP contribution is 2.49. The van der Waals surface area contributed by atoms with Gasteiger partial charge in [-0.1, -0.05) is 85.6 Å². The molecule has 2 fully saturated rings. The first-order valence-corrected chi connectivity index (χ1v) is 51.2. The number of fused-ring (bicyclic) bond motifs is 8. The number of amides is 14. The summed E-state index contributed by atoms with van der Waals surface area (Å²) in [5.74, 6) is 0.00407. The van der Waals surface area contributed by atoms with Crippen LogP contribution in [-0.4, -0.2) is 241 Å². The lowest BCUT2D eigenvalue weighted by atomic mass is 9.67. The second-order valence-corrected chi connectivity index (χ2v) is 39.8. The number of hydrogen-bond donors (Lipinski definition) is 14. The van der Waals surface area contributed by atoms with Crippen LogP contribution in [0.2, 0.25) is 0 Å². The van der Waals surface area contributed by atoms with Crippen LogP contribution in [0.1, 0.15) is 148 Å². The van der Waals surface area contributed by atoms with Gasteiger partial charge in [-0.15, -0.1) is 34.8 Å². The first-order chi connectivity index (χ1) is 69.8. The normalized spacial score (nSPS) is 16.2. The fraction of sp³-hybridized carbons (Fsp3) is 0.407.